The Morgan fingerprint density at radius 2 is 1.76 bits per heavy atom. The van der Waals surface area contributed by atoms with E-state index >= 15 is 0 Å². The number of piperidine rings is 1. The van der Waals surface area contributed by atoms with Gasteiger partial charge in [0.25, 0.3) is 5.91 Å². The van der Waals surface area contributed by atoms with E-state index in [9.17, 15) is 9.59 Å². The minimum absolute atomic E-state index is 0.0598. The molecule has 1 aliphatic rings. The fourth-order valence-corrected chi connectivity index (χ4v) is 4.32. The van der Waals surface area contributed by atoms with E-state index in [2.05, 4.69) is 36.3 Å². The van der Waals surface area contributed by atoms with Crippen LogP contribution in [0, 0.1) is 5.92 Å². The van der Waals surface area contributed by atoms with E-state index in [4.69, 9.17) is 0 Å². The van der Waals surface area contributed by atoms with E-state index in [1.165, 1.54) is 4.90 Å². The molecule has 1 aliphatic heterocycles. The molecular formula is C23H29N3O2S. The van der Waals surface area contributed by atoms with E-state index in [1.807, 2.05) is 28.8 Å². The Morgan fingerprint density at radius 3 is 2.38 bits per heavy atom. The van der Waals surface area contributed by atoms with E-state index in [0.717, 1.165) is 31.5 Å². The maximum atomic E-state index is 12.5. The molecule has 5 nitrogen and oxygen atoms in total. The molecule has 0 spiro atoms. The van der Waals surface area contributed by atoms with Gasteiger partial charge in [-0.2, -0.15) is 0 Å². The van der Waals surface area contributed by atoms with Gasteiger partial charge in [-0.05, 0) is 48.6 Å². The van der Waals surface area contributed by atoms with Crippen molar-refractivity contribution in [2.45, 2.75) is 43.3 Å². The zero-order valence-electron chi connectivity index (χ0n) is 17.1. The lowest BCUT2D eigenvalue weighted by atomic mass is 9.96. The molecule has 1 N–H and O–H groups in total. The summed E-state index contributed by atoms with van der Waals surface area (Å²) in [6.45, 7) is 6.49. The van der Waals surface area contributed by atoms with Gasteiger partial charge in [-0.25, -0.2) is 0 Å². The first-order valence-electron chi connectivity index (χ1n) is 10.2. The van der Waals surface area contributed by atoms with Gasteiger partial charge in [0.1, 0.15) is 0 Å². The van der Waals surface area contributed by atoms with Crippen molar-refractivity contribution in [3.05, 3.63) is 59.9 Å². The molecule has 1 aromatic carbocycles. The lowest BCUT2D eigenvalue weighted by Crippen LogP contribution is -2.41. The van der Waals surface area contributed by atoms with Crippen molar-refractivity contribution in [3.8, 4) is 0 Å². The van der Waals surface area contributed by atoms with Crippen molar-refractivity contribution < 1.29 is 9.59 Å². The number of amides is 2. The Balaban J connectivity index is 1.39. The SMILES string of the molecule is CC(C)Sc1ccc(CC(=O)NCC2CCN(C(=O)c3ccncc3)CC2)cc1. The van der Waals surface area contributed by atoms with Gasteiger partial charge < -0.3 is 10.2 Å². The normalized spacial score (nSPS) is 14.8. The lowest BCUT2D eigenvalue weighted by Gasteiger charge is -2.32. The summed E-state index contributed by atoms with van der Waals surface area (Å²) in [6, 6.07) is 11.7. The summed E-state index contributed by atoms with van der Waals surface area (Å²) in [7, 11) is 0. The highest BCUT2D eigenvalue weighted by atomic mass is 32.2. The summed E-state index contributed by atoms with van der Waals surface area (Å²) in [5, 5.41) is 3.62. The number of rotatable bonds is 7. The highest BCUT2D eigenvalue weighted by Crippen LogP contribution is 2.23. The number of likely N-dealkylation sites (tertiary alicyclic amines) is 1. The van der Waals surface area contributed by atoms with Crippen LogP contribution in [0.4, 0.5) is 0 Å². The van der Waals surface area contributed by atoms with Crippen molar-refractivity contribution in [1.82, 2.24) is 15.2 Å². The topological polar surface area (TPSA) is 62.3 Å². The van der Waals surface area contributed by atoms with Gasteiger partial charge in [0, 0.05) is 47.7 Å². The fourth-order valence-electron chi connectivity index (χ4n) is 3.48. The smallest absolute Gasteiger partial charge is 0.253 e. The highest BCUT2D eigenvalue weighted by molar-refractivity contribution is 7.99. The summed E-state index contributed by atoms with van der Waals surface area (Å²) in [6.07, 6.45) is 5.53. The maximum absolute atomic E-state index is 12.5. The maximum Gasteiger partial charge on any atom is 0.253 e. The van der Waals surface area contributed by atoms with Crippen molar-refractivity contribution >= 4 is 23.6 Å². The zero-order chi connectivity index (χ0) is 20.6. The van der Waals surface area contributed by atoms with E-state index in [-0.39, 0.29) is 11.8 Å². The molecule has 1 aromatic heterocycles. The second-order valence-electron chi connectivity index (χ2n) is 7.76. The average molecular weight is 412 g/mol. The molecule has 6 heteroatoms. The molecule has 29 heavy (non-hydrogen) atoms. The number of carbonyl (C=O) groups is 2. The Hall–Kier alpha value is -2.34. The van der Waals surface area contributed by atoms with Gasteiger partial charge in [-0.15, -0.1) is 11.8 Å². The summed E-state index contributed by atoms with van der Waals surface area (Å²) in [5.74, 6) is 0.545. The average Bonchev–Trinajstić information content (AvgIpc) is 2.74. The molecule has 0 bridgehead atoms. The van der Waals surface area contributed by atoms with Gasteiger partial charge in [0.05, 0.1) is 6.42 Å². The lowest BCUT2D eigenvalue weighted by molar-refractivity contribution is -0.120. The molecule has 2 aromatic rings. The molecule has 0 saturated carbocycles. The molecule has 0 aliphatic carbocycles. The van der Waals surface area contributed by atoms with Crippen LogP contribution in [0.15, 0.2) is 53.7 Å². The first-order valence-corrected chi connectivity index (χ1v) is 11.1. The quantitative estimate of drug-likeness (QED) is 0.704. The summed E-state index contributed by atoms with van der Waals surface area (Å²) < 4.78 is 0. The molecule has 1 saturated heterocycles. The molecule has 0 atom stereocenters. The number of hydrogen-bond donors (Lipinski definition) is 1. The van der Waals surface area contributed by atoms with E-state index in [0.29, 0.717) is 29.7 Å². The van der Waals surface area contributed by atoms with Crippen molar-refractivity contribution in [1.29, 1.82) is 0 Å². The molecule has 0 radical (unpaired) electrons. The molecule has 2 heterocycles. The van der Waals surface area contributed by atoms with Crippen LogP contribution in [-0.2, 0) is 11.2 Å². The Labute approximate surface area is 177 Å². The zero-order valence-corrected chi connectivity index (χ0v) is 18.0. The predicted molar refractivity (Wildman–Crippen MR) is 117 cm³/mol. The number of aromatic nitrogens is 1. The highest BCUT2D eigenvalue weighted by Gasteiger charge is 2.23. The number of hydrogen-bond acceptors (Lipinski definition) is 4. The number of carbonyl (C=O) groups excluding carboxylic acids is 2. The van der Waals surface area contributed by atoms with E-state index < -0.39 is 0 Å². The first kappa shape index (κ1) is 21.4. The third-order valence-corrected chi connectivity index (χ3v) is 6.09. The Kier molecular flexibility index (Phi) is 7.69. The van der Waals surface area contributed by atoms with Crippen LogP contribution >= 0.6 is 11.8 Å². The first-order chi connectivity index (χ1) is 14.0. The number of benzene rings is 1. The molecule has 1 fully saturated rings. The number of nitrogens with one attached hydrogen (secondary N) is 1. The monoisotopic (exact) mass is 411 g/mol. The van der Waals surface area contributed by atoms with Crippen molar-refractivity contribution in [2.75, 3.05) is 19.6 Å². The summed E-state index contributed by atoms with van der Waals surface area (Å²) in [5.41, 5.74) is 1.72. The minimum atomic E-state index is 0.0598. The minimum Gasteiger partial charge on any atom is -0.356 e. The van der Waals surface area contributed by atoms with Gasteiger partial charge in [0.15, 0.2) is 0 Å². The predicted octanol–water partition coefficient (Wildman–Crippen LogP) is 3.79. The van der Waals surface area contributed by atoms with Crippen LogP contribution < -0.4 is 5.32 Å². The van der Waals surface area contributed by atoms with Crippen LogP contribution in [-0.4, -0.2) is 46.6 Å². The van der Waals surface area contributed by atoms with Crippen LogP contribution in [0.5, 0.6) is 0 Å². The van der Waals surface area contributed by atoms with Crippen LogP contribution in [0.3, 0.4) is 0 Å². The van der Waals surface area contributed by atoms with Gasteiger partial charge in [-0.3, -0.25) is 14.6 Å². The third kappa shape index (κ3) is 6.60. The Morgan fingerprint density at radius 1 is 1.10 bits per heavy atom. The van der Waals surface area contributed by atoms with Crippen molar-refractivity contribution in [3.63, 3.8) is 0 Å². The second-order valence-corrected chi connectivity index (χ2v) is 9.41. The van der Waals surface area contributed by atoms with Gasteiger partial charge in [-0.1, -0.05) is 26.0 Å². The Bertz CT molecular complexity index is 801. The standard InChI is InChI=1S/C23H29N3O2S/c1-17(2)29-21-5-3-18(4-6-21)15-22(27)25-16-19-9-13-26(14-10-19)23(28)20-7-11-24-12-8-20/h3-8,11-12,17,19H,9-10,13-16H2,1-2H3,(H,25,27). The number of pyridine rings is 1. The van der Waals surface area contributed by atoms with Crippen LogP contribution in [0.1, 0.15) is 42.6 Å². The molecule has 154 valence electrons. The fraction of sp³-hybridized carbons (Fsp3) is 0.435. The molecule has 0 unspecified atom stereocenters. The van der Waals surface area contributed by atoms with Gasteiger partial charge in [0.2, 0.25) is 5.91 Å². The molecule has 3 rings (SSSR count). The third-order valence-electron chi connectivity index (χ3n) is 5.08. The largest absolute Gasteiger partial charge is 0.356 e. The van der Waals surface area contributed by atoms with E-state index in [1.54, 1.807) is 24.5 Å². The second kappa shape index (κ2) is 10.4. The van der Waals surface area contributed by atoms with Crippen molar-refractivity contribution in [2.24, 2.45) is 5.92 Å². The molecular weight excluding hydrogens is 382 g/mol. The van der Waals surface area contributed by atoms with Gasteiger partial charge >= 0.3 is 0 Å². The molecule has 2 amide bonds. The van der Waals surface area contributed by atoms with Crippen LogP contribution in [0.2, 0.25) is 0 Å². The number of thioether (sulfide) groups is 1. The number of nitrogens with zero attached hydrogens (tertiary/aromatic N) is 2. The summed E-state index contributed by atoms with van der Waals surface area (Å²) >= 11 is 1.82. The summed E-state index contributed by atoms with van der Waals surface area (Å²) in [4.78, 5) is 31.9. The van der Waals surface area contributed by atoms with Crippen LogP contribution in [0.25, 0.3) is 0 Å².